The molecule has 1 aromatic heterocycles. The Labute approximate surface area is 230 Å². The Hall–Kier alpha value is -3.05. The van der Waals surface area contributed by atoms with Crippen molar-refractivity contribution >= 4 is 46.3 Å². The number of nitrogens with zero attached hydrogens (tertiary/aromatic N) is 2. The lowest BCUT2D eigenvalue weighted by molar-refractivity contribution is -0.137. The molecule has 2 aliphatic heterocycles. The van der Waals surface area contributed by atoms with Gasteiger partial charge in [0.15, 0.2) is 0 Å². The summed E-state index contributed by atoms with van der Waals surface area (Å²) in [6.07, 6.45) is -3.86. The minimum Gasteiger partial charge on any atom is -0.378 e. The van der Waals surface area contributed by atoms with Crippen LogP contribution in [0.3, 0.4) is 0 Å². The van der Waals surface area contributed by atoms with Crippen LogP contribution in [-0.2, 0) is 15.8 Å². The van der Waals surface area contributed by atoms with Crippen LogP contribution < -0.4 is 14.7 Å². The minimum absolute atomic E-state index is 0.0192. The highest BCUT2D eigenvalue weighted by molar-refractivity contribution is 8.00. The molecule has 7 rings (SSSR count). The van der Waals surface area contributed by atoms with Crippen LogP contribution in [0.15, 0.2) is 58.4 Å². The Balaban J connectivity index is 1.29. The molecule has 7 atom stereocenters. The fraction of sp³-hybridized carbons (Fsp3) is 0.393. The summed E-state index contributed by atoms with van der Waals surface area (Å²) in [4.78, 5) is 46.7. The molecule has 39 heavy (non-hydrogen) atoms. The van der Waals surface area contributed by atoms with Gasteiger partial charge in [0.1, 0.15) is 0 Å². The van der Waals surface area contributed by atoms with Crippen molar-refractivity contribution in [3.8, 4) is 0 Å². The second-order valence-electron chi connectivity index (χ2n) is 11.0. The number of carbonyl (C=O) groups excluding carboxylic acids is 2. The molecule has 2 aromatic carbocycles. The predicted octanol–water partition coefficient (Wildman–Crippen LogP) is 5.20. The van der Waals surface area contributed by atoms with Gasteiger partial charge in [-0.05, 0) is 60.1 Å². The van der Waals surface area contributed by atoms with Gasteiger partial charge >= 0.3 is 11.0 Å². The Morgan fingerprint density at radius 1 is 0.974 bits per heavy atom. The molecule has 3 heterocycles. The highest BCUT2D eigenvalue weighted by atomic mass is 32.2. The van der Waals surface area contributed by atoms with E-state index in [4.69, 9.17) is 0 Å². The maximum atomic E-state index is 13.8. The second-order valence-corrected chi connectivity index (χ2v) is 13.2. The summed E-state index contributed by atoms with van der Waals surface area (Å²) >= 11 is 2.79. The number of hydrogen-bond acceptors (Lipinski definition) is 6. The smallest absolute Gasteiger partial charge is 0.378 e. The molecule has 2 amide bonds. The number of alkyl halides is 3. The van der Waals surface area contributed by atoms with Gasteiger partial charge in [0.2, 0.25) is 11.8 Å². The van der Waals surface area contributed by atoms with Crippen LogP contribution in [0.5, 0.6) is 0 Å². The van der Waals surface area contributed by atoms with Gasteiger partial charge in [-0.25, -0.2) is 0 Å². The van der Waals surface area contributed by atoms with Crippen molar-refractivity contribution in [2.75, 3.05) is 23.9 Å². The quantitative estimate of drug-likeness (QED) is 0.438. The third-order valence-electron chi connectivity index (χ3n) is 8.92. The molecule has 1 N–H and O–H groups in total. The van der Waals surface area contributed by atoms with Crippen molar-refractivity contribution < 1.29 is 22.8 Å². The molecule has 0 spiro atoms. The first-order chi connectivity index (χ1) is 18.5. The highest BCUT2D eigenvalue weighted by Gasteiger charge is 2.69. The molecule has 2 aliphatic carbocycles. The van der Waals surface area contributed by atoms with E-state index < -0.39 is 35.4 Å². The van der Waals surface area contributed by atoms with Gasteiger partial charge in [-0.1, -0.05) is 29.5 Å². The lowest BCUT2D eigenvalue weighted by Crippen LogP contribution is -2.42. The SMILES string of the molecule is CN(C)c1ccc([C@H]2c3sc(=O)[nH]c3SC3C4CC(C5C(=O)N(c6cccc(C(F)(F)F)c6)C(=O)C45)C32)cc1. The predicted molar refractivity (Wildman–Crippen MR) is 143 cm³/mol. The maximum Gasteiger partial charge on any atom is 0.416 e. The normalized spacial score (nSPS) is 30.9. The van der Waals surface area contributed by atoms with E-state index in [9.17, 15) is 27.6 Å². The number of anilines is 2. The van der Waals surface area contributed by atoms with Crippen LogP contribution in [0.2, 0.25) is 0 Å². The molecule has 2 bridgehead atoms. The number of imide groups is 1. The van der Waals surface area contributed by atoms with Crippen molar-refractivity contribution in [3.05, 3.63) is 74.2 Å². The lowest BCUT2D eigenvalue weighted by Gasteiger charge is -2.43. The van der Waals surface area contributed by atoms with E-state index >= 15 is 0 Å². The number of halogens is 3. The molecule has 3 fully saturated rings. The Morgan fingerprint density at radius 2 is 1.67 bits per heavy atom. The first-order valence-corrected chi connectivity index (χ1v) is 14.5. The van der Waals surface area contributed by atoms with Crippen molar-refractivity contribution in [2.45, 2.75) is 28.8 Å². The number of benzene rings is 2. The Bertz CT molecular complexity index is 1560. The van der Waals surface area contributed by atoms with Crippen LogP contribution in [0, 0.1) is 29.6 Å². The van der Waals surface area contributed by atoms with Crippen LogP contribution >= 0.6 is 23.1 Å². The third-order valence-corrected chi connectivity index (χ3v) is 11.5. The van der Waals surface area contributed by atoms with Gasteiger partial charge in [0.05, 0.1) is 28.1 Å². The van der Waals surface area contributed by atoms with E-state index in [1.165, 1.54) is 23.5 Å². The summed E-state index contributed by atoms with van der Waals surface area (Å²) in [6.45, 7) is 0. The molecule has 3 aromatic rings. The number of rotatable bonds is 3. The van der Waals surface area contributed by atoms with Gasteiger partial charge in [0, 0.05) is 35.8 Å². The fourth-order valence-corrected chi connectivity index (χ4v) is 10.3. The molecule has 6 unspecified atom stereocenters. The van der Waals surface area contributed by atoms with Crippen molar-refractivity contribution in [1.82, 2.24) is 4.98 Å². The lowest BCUT2D eigenvalue weighted by atomic mass is 9.68. The molecule has 2 saturated carbocycles. The zero-order valence-electron chi connectivity index (χ0n) is 20.9. The topological polar surface area (TPSA) is 73.5 Å². The summed E-state index contributed by atoms with van der Waals surface area (Å²) in [5, 5.41) is 0.842. The summed E-state index contributed by atoms with van der Waals surface area (Å²) in [6, 6.07) is 12.7. The van der Waals surface area contributed by atoms with Gasteiger partial charge in [-0.15, -0.1) is 11.8 Å². The van der Waals surface area contributed by atoms with E-state index in [0.717, 1.165) is 44.6 Å². The van der Waals surface area contributed by atoms with Crippen molar-refractivity contribution in [1.29, 1.82) is 0 Å². The molecule has 11 heteroatoms. The second kappa shape index (κ2) is 8.47. The number of nitrogens with one attached hydrogen (secondary N) is 1. The number of H-pyrrole nitrogens is 1. The minimum atomic E-state index is -4.58. The maximum absolute atomic E-state index is 13.8. The van der Waals surface area contributed by atoms with Gasteiger partial charge in [-0.3, -0.25) is 19.3 Å². The average molecular weight is 572 g/mol. The number of aromatic amines is 1. The number of carbonyl (C=O) groups is 2. The molecule has 1 saturated heterocycles. The largest absolute Gasteiger partial charge is 0.416 e. The van der Waals surface area contributed by atoms with Crippen molar-refractivity contribution in [3.63, 3.8) is 0 Å². The monoisotopic (exact) mass is 571 g/mol. The summed E-state index contributed by atoms with van der Waals surface area (Å²) < 4.78 is 40.2. The zero-order valence-corrected chi connectivity index (χ0v) is 22.6. The van der Waals surface area contributed by atoms with E-state index in [-0.39, 0.29) is 39.5 Å². The summed E-state index contributed by atoms with van der Waals surface area (Å²) in [5.41, 5.74) is 1.19. The molecule has 4 aliphatic rings. The highest BCUT2D eigenvalue weighted by Crippen LogP contribution is 2.68. The molecule has 0 radical (unpaired) electrons. The average Bonchev–Trinajstić information content (AvgIpc) is 3.62. The number of amides is 2. The van der Waals surface area contributed by atoms with Gasteiger partial charge in [-0.2, -0.15) is 13.2 Å². The van der Waals surface area contributed by atoms with Crippen molar-refractivity contribution in [2.24, 2.45) is 29.6 Å². The number of aromatic nitrogens is 1. The van der Waals surface area contributed by atoms with E-state index in [1.54, 1.807) is 11.8 Å². The third kappa shape index (κ3) is 3.58. The van der Waals surface area contributed by atoms with Gasteiger partial charge in [0.25, 0.3) is 0 Å². The first kappa shape index (κ1) is 25.0. The van der Waals surface area contributed by atoms with Crippen LogP contribution in [-0.4, -0.2) is 36.1 Å². The summed E-state index contributed by atoms with van der Waals surface area (Å²) in [7, 11) is 3.93. The molecule has 202 valence electrons. The molecule has 6 nitrogen and oxygen atoms in total. The Kier molecular flexibility index (Phi) is 5.42. The first-order valence-electron chi connectivity index (χ1n) is 12.8. The number of hydrogen-bond donors (Lipinski definition) is 1. The summed E-state index contributed by atoms with van der Waals surface area (Å²) in [5.74, 6) is -2.22. The van der Waals surface area contributed by atoms with Crippen LogP contribution in [0.25, 0.3) is 0 Å². The molecular formula is C28H24F3N3O3S2. The van der Waals surface area contributed by atoms with Gasteiger partial charge < -0.3 is 9.88 Å². The number of thioether (sulfide) groups is 1. The standard InChI is InChI=1S/C28H24F3N3O3S2/c1-33(2)14-8-6-12(7-9-14)18-19-16-11-17(22(19)38-24-23(18)39-27(37)32-24)21-20(16)25(35)34(26(21)36)15-5-3-4-13(10-15)28(29,30)31/h3-10,16-22H,11H2,1-2H3,(H,32,37)/t16?,17?,18-,19?,20?,21?,22?/m1/s1. The molecular weight excluding hydrogens is 547 g/mol. The number of fused-ring (bicyclic) bond motifs is 9. The fourth-order valence-electron chi connectivity index (χ4n) is 7.45. The Morgan fingerprint density at radius 3 is 2.33 bits per heavy atom. The number of thiazole rings is 1. The van der Waals surface area contributed by atoms with E-state index in [2.05, 4.69) is 17.1 Å². The van der Waals surface area contributed by atoms with E-state index in [0.29, 0.717) is 0 Å². The van der Waals surface area contributed by atoms with Crippen LogP contribution in [0.4, 0.5) is 24.5 Å². The zero-order chi connectivity index (χ0) is 27.4. The van der Waals surface area contributed by atoms with E-state index in [1.807, 2.05) is 31.1 Å². The van der Waals surface area contributed by atoms with Crippen LogP contribution in [0.1, 0.15) is 28.3 Å².